The van der Waals surface area contributed by atoms with Gasteiger partial charge in [0.1, 0.15) is 24.9 Å². The monoisotopic (exact) mass is 600 g/mol. The molecule has 7 rings (SSSR count). The molecule has 15 atom stereocenters. The lowest BCUT2D eigenvalue weighted by Gasteiger charge is -2.38. The molecule has 0 aromatic rings. The van der Waals surface area contributed by atoms with Gasteiger partial charge in [-0.2, -0.15) is 0 Å². The molecule has 1 aliphatic heterocycles. The number of hydrogen-bond acceptors (Lipinski definition) is 9. The Kier molecular flexibility index (Phi) is 8.00. The van der Waals surface area contributed by atoms with Gasteiger partial charge in [-0.05, 0) is 99.7 Å². The third-order valence-electron chi connectivity index (χ3n) is 12.9. The highest BCUT2D eigenvalue weighted by Crippen LogP contribution is 2.67. The molecule has 0 aromatic carbocycles. The maximum Gasteiger partial charge on any atom is 0.309 e. The second kappa shape index (κ2) is 11.6. The maximum atomic E-state index is 13.4. The summed E-state index contributed by atoms with van der Waals surface area (Å²) in [4.78, 5) is 52.2. The lowest BCUT2D eigenvalue weighted by atomic mass is 9.70. The van der Waals surface area contributed by atoms with Crippen LogP contribution in [0.5, 0.6) is 0 Å². The first kappa shape index (κ1) is 29.5. The van der Waals surface area contributed by atoms with Crippen LogP contribution in [0, 0.1) is 71.0 Å². The molecule has 9 heteroatoms. The number of fused-ring (bicyclic) bond motifs is 10. The number of carbonyl (C=O) groups excluding carboxylic acids is 4. The molecule has 1 heterocycles. The lowest BCUT2D eigenvalue weighted by molar-refractivity contribution is -0.167. The van der Waals surface area contributed by atoms with E-state index in [2.05, 4.69) is 0 Å². The summed E-state index contributed by atoms with van der Waals surface area (Å²) in [7, 11) is 1.54. The SMILES string of the molecule is CCC(CC(CC(C)C(=O)OC1CC2CC1C1C3CCC(C3)C21)C(=O)OCCOC)C(=O)OC1C2CC3C(=O)OC1C3C2. The summed E-state index contributed by atoms with van der Waals surface area (Å²) in [6, 6.07) is 0. The van der Waals surface area contributed by atoms with Crippen molar-refractivity contribution in [2.75, 3.05) is 20.3 Å². The van der Waals surface area contributed by atoms with Gasteiger partial charge in [-0.25, -0.2) is 0 Å². The first-order chi connectivity index (χ1) is 20.8. The highest BCUT2D eigenvalue weighted by Gasteiger charge is 2.64. The van der Waals surface area contributed by atoms with E-state index in [1.165, 1.54) is 25.7 Å². The zero-order valence-corrected chi connectivity index (χ0v) is 25.8. The van der Waals surface area contributed by atoms with Gasteiger partial charge >= 0.3 is 23.9 Å². The highest BCUT2D eigenvalue weighted by molar-refractivity contribution is 5.79. The van der Waals surface area contributed by atoms with E-state index in [0.29, 0.717) is 24.7 Å². The number of esters is 4. The van der Waals surface area contributed by atoms with Crippen LogP contribution in [0.4, 0.5) is 0 Å². The quantitative estimate of drug-likeness (QED) is 0.132. The molecule has 0 amide bonds. The summed E-state index contributed by atoms with van der Waals surface area (Å²) in [6.45, 7) is 4.11. The molecule has 1 saturated heterocycles. The van der Waals surface area contributed by atoms with E-state index in [1.807, 2.05) is 13.8 Å². The summed E-state index contributed by atoms with van der Waals surface area (Å²) < 4.78 is 28.3. The van der Waals surface area contributed by atoms with Crippen LogP contribution in [0.1, 0.15) is 78.1 Å². The predicted molar refractivity (Wildman–Crippen MR) is 152 cm³/mol. The Hall–Kier alpha value is -2.16. The van der Waals surface area contributed by atoms with Gasteiger partial charge < -0.3 is 23.7 Å². The normalized spacial score (nSPS) is 42.9. The van der Waals surface area contributed by atoms with Gasteiger partial charge in [0.05, 0.1) is 30.3 Å². The Balaban J connectivity index is 0.969. The van der Waals surface area contributed by atoms with Crippen molar-refractivity contribution < 1.29 is 42.9 Å². The molecule has 9 nitrogen and oxygen atoms in total. The Morgan fingerprint density at radius 2 is 1.58 bits per heavy atom. The zero-order chi connectivity index (χ0) is 30.0. The minimum absolute atomic E-state index is 0.00273. The minimum atomic E-state index is -0.652. The molecule has 43 heavy (non-hydrogen) atoms. The fourth-order valence-corrected chi connectivity index (χ4v) is 11.1. The standard InChI is InChI=1S/C34H48O9/c1-4-17(33(37)42-29-21-13-23-24(14-21)34(38)43-30(23)29)10-22(32(36)40-8-7-39-3)9-16(2)31(35)41-26-15-20-12-25(26)28-19-6-5-18(11-19)27(20)28/h16-30H,4-15H2,1-3H3. The molecule has 7 aliphatic rings. The Morgan fingerprint density at radius 1 is 0.814 bits per heavy atom. The third-order valence-corrected chi connectivity index (χ3v) is 12.9. The largest absolute Gasteiger partial charge is 0.463 e. The van der Waals surface area contributed by atoms with Gasteiger partial charge in [-0.15, -0.1) is 0 Å². The molecular formula is C34H48O9. The van der Waals surface area contributed by atoms with Crippen molar-refractivity contribution in [1.82, 2.24) is 0 Å². The Bertz CT molecular complexity index is 1120. The number of carbonyl (C=O) groups is 4. The van der Waals surface area contributed by atoms with E-state index in [1.54, 1.807) is 7.11 Å². The number of rotatable bonds is 13. The number of hydrogen-bond donors (Lipinski definition) is 0. The van der Waals surface area contributed by atoms with Crippen LogP contribution in [-0.2, 0) is 42.9 Å². The van der Waals surface area contributed by atoms with Crippen LogP contribution in [0.15, 0.2) is 0 Å². The molecule has 6 bridgehead atoms. The van der Waals surface area contributed by atoms with Crippen LogP contribution < -0.4 is 0 Å². The van der Waals surface area contributed by atoms with Crippen LogP contribution in [0.3, 0.4) is 0 Å². The van der Waals surface area contributed by atoms with Crippen molar-refractivity contribution >= 4 is 23.9 Å². The molecule has 238 valence electrons. The van der Waals surface area contributed by atoms with Crippen molar-refractivity contribution in [2.45, 2.75) is 96.4 Å². The van der Waals surface area contributed by atoms with E-state index in [-0.39, 0.29) is 73.9 Å². The van der Waals surface area contributed by atoms with E-state index >= 15 is 0 Å². The lowest BCUT2D eigenvalue weighted by Crippen LogP contribution is -2.39. The van der Waals surface area contributed by atoms with Gasteiger partial charge in [-0.1, -0.05) is 13.8 Å². The topological polar surface area (TPSA) is 114 Å². The van der Waals surface area contributed by atoms with Crippen LogP contribution in [-0.4, -0.2) is 62.5 Å². The summed E-state index contributed by atoms with van der Waals surface area (Å²) in [5.74, 6) is 1.87. The zero-order valence-electron chi connectivity index (χ0n) is 25.8. The number of ether oxygens (including phenoxy) is 5. The first-order valence-electron chi connectivity index (χ1n) is 17.0. The Labute approximate surface area is 254 Å². The van der Waals surface area contributed by atoms with Crippen molar-refractivity contribution in [3.05, 3.63) is 0 Å². The molecule has 15 unspecified atom stereocenters. The van der Waals surface area contributed by atoms with Gasteiger partial charge in [0, 0.05) is 18.9 Å². The Morgan fingerprint density at radius 3 is 2.35 bits per heavy atom. The van der Waals surface area contributed by atoms with Gasteiger partial charge in [0.15, 0.2) is 0 Å². The second-order valence-electron chi connectivity index (χ2n) is 15.0. The van der Waals surface area contributed by atoms with Crippen LogP contribution >= 0.6 is 0 Å². The maximum absolute atomic E-state index is 13.4. The summed E-state index contributed by atoms with van der Waals surface area (Å²) >= 11 is 0. The molecule has 7 fully saturated rings. The fraction of sp³-hybridized carbons (Fsp3) is 0.882. The highest BCUT2D eigenvalue weighted by atomic mass is 16.6. The summed E-state index contributed by atoms with van der Waals surface area (Å²) in [6.07, 6.45) is 8.08. The van der Waals surface area contributed by atoms with Gasteiger partial charge in [0.25, 0.3) is 0 Å². The van der Waals surface area contributed by atoms with Gasteiger partial charge in [-0.3, -0.25) is 19.2 Å². The predicted octanol–water partition coefficient (Wildman–Crippen LogP) is 4.34. The smallest absolute Gasteiger partial charge is 0.309 e. The van der Waals surface area contributed by atoms with Crippen LogP contribution in [0.2, 0.25) is 0 Å². The van der Waals surface area contributed by atoms with E-state index < -0.39 is 29.8 Å². The molecule has 0 N–H and O–H groups in total. The average Bonchev–Trinajstić information content (AvgIpc) is 3.84. The second-order valence-corrected chi connectivity index (χ2v) is 15.0. The summed E-state index contributed by atoms with van der Waals surface area (Å²) in [5, 5.41) is 0. The molecule has 6 saturated carbocycles. The van der Waals surface area contributed by atoms with E-state index in [0.717, 1.165) is 36.5 Å². The molecule has 0 radical (unpaired) electrons. The molecule has 0 aromatic heterocycles. The van der Waals surface area contributed by atoms with Crippen molar-refractivity contribution in [2.24, 2.45) is 71.0 Å². The fourth-order valence-electron chi connectivity index (χ4n) is 11.1. The van der Waals surface area contributed by atoms with Crippen molar-refractivity contribution in [3.63, 3.8) is 0 Å². The van der Waals surface area contributed by atoms with E-state index in [4.69, 9.17) is 23.7 Å². The molecule has 6 aliphatic carbocycles. The minimum Gasteiger partial charge on any atom is -0.463 e. The first-order valence-corrected chi connectivity index (χ1v) is 17.0. The van der Waals surface area contributed by atoms with Gasteiger partial charge in [0.2, 0.25) is 0 Å². The van der Waals surface area contributed by atoms with Crippen molar-refractivity contribution in [3.8, 4) is 0 Å². The van der Waals surface area contributed by atoms with Crippen LogP contribution in [0.25, 0.3) is 0 Å². The number of methoxy groups -OCH3 is 1. The summed E-state index contributed by atoms with van der Waals surface area (Å²) in [5.41, 5.74) is 0. The third kappa shape index (κ3) is 5.09. The average molecular weight is 601 g/mol. The molecular weight excluding hydrogens is 552 g/mol. The molecule has 0 spiro atoms. The van der Waals surface area contributed by atoms with E-state index in [9.17, 15) is 19.2 Å². The van der Waals surface area contributed by atoms with Crippen molar-refractivity contribution in [1.29, 1.82) is 0 Å².